The van der Waals surface area contributed by atoms with Crippen LogP contribution in [0.25, 0.3) is 0 Å². The van der Waals surface area contributed by atoms with Crippen LogP contribution in [0, 0.1) is 5.82 Å². The molecule has 0 spiro atoms. The Kier molecular flexibility index (Phi) is 7.20. The summed E-state index contributed by atoms with van der Waals surface area (Å²) < 4.78 is 25.5. The molecule has 174 valence electrons. The molecule has 1 aliphatic rings. The Hall–Kier alpha value is -2.63. The standard InChI is InChI=1S/C21H20ClFN4O4S2/c1-27-16(9-31-11-6-7-14(23)13(22)8-11)25-26-21(27)32-10-17(28)24-19-18(20(29)30-2)12-4-3-5-15(12)33-19/h6-8H,3-5,9-10H2,1-2H3,(H,24,28). The van der Waals surface area contributed by atoms with Crippen molar-refractivity contribution >= 4 is 51.6 Å². The predicted molar refractivity (Wildman–Crippen MR) is 124 cm³/mol. The quantitative estimate of drug-likeness (QED) is 0.357. The second-order valence-corrected chi connectivity index (χ2v) is 9.67. The van der Waals surface area contributed by atoms with E-state index in [0.29, 0.717) is 27.3 Å². The molecule has 1 aliphatic carbocycles. The van der Waals surface area contributed by atoms with Gasteiger partial charge in [0, 0.05) is 18.0 Å². The van der Waals surface area contributed by atoms with Crippen LogP contribution in [0.4, 0.5) is 9.39 Å². The molecule has 2 aromatic heterocycles. The van der Waals surface area contributed by atoms with Crippen molar-refractivity contribution in [1.82, 2.24) is 14.8 Å². The number of fused-ring (bicyclic) bond motifs is 1. The van der Waals surface area contributed by atoms with Crippen LogP contribution in [0.15, 0.2) is 23.4 Å². The van der Waals surface area contributed by atoms with Crippen molar-refractivity contribution in [3.63, 3.8) is 0 Å². The third-order valence-corrected chi connectivity index (χ3v) is 7.60. The summed E-state index contributed by atoms with van der Waals surface area (Å²) in [6, 6.07) is 4.08. The molecule has 3 aromatic rings. The van der Waals surface area contributed by atoms with Crippen LogP contribution in [0.2, 0.25) is 5.02 Å². The molecule has 1 amide bonds. The van der Waals surface area contributed by atoms with Crippen LogP contribution >= 0.6 is 34.7 Å². The van der Waals surface area contributed by atoms with Gasteiger partial charge < -0.3 is 19.4 Å². The van der Waals surface area contributed by atoms with E-state index in [4.69, 9.17) is 21.1 Å². The normalized spacial score (nSPS) is 12.5. The summed E-state index contributed by atoms with van der Waals surface area (Å²) in [4.78, 5) is 25.9. The fourth-order valence-corrected chi connectivity index (χ4v) is 5.61. The van der Waals surface area contributed by atoms with Gasteiger partial charge in [-0.05, 0) is 37.0 Å². The Morgan fingerprint density at radius 3 is 2.91 bits per heavy atom. The van der Waals surface area contributed by atoms with Crippen LogP contribution in [0.3, 0.4) is 0 Å². The highest BCUT2D eigenvalue weighted by Gasteiger charge is 2.28. The zero-order chi connectivity index (χ0) is 23.5. The third-order valence-electron chi connectivity index (χ3n) is 5.08. The summed E-state index contributed by atoms with van der Waals surface area (Å²) in [5, 5.41) is 12.1. The van der Waals surface area contributed by atoms with Crippen LogP contribution in [0.1, 0.15) is 33.0 Å². The number of ether oxygens (including phenoxy) is 2. The van der Waals surface area contributed by atoms with Gasteiger partial charge in [-0.3, -0.25) is 4.79 Å². The predicted octanol–water partition coefficient (Wildman–Crippen LogP) is 4.25. The maximum absolute atomic E-state index is 13.3. The summed E-state index contributed by atoms with van der Waals surface area (Å²) in [6.45, 7) is 0.0987. The Bertz CT molecular complexity index is 1210. The second kappa shape index (κ2) is 10.1. The number of carbonyl (C=O) groups excluding carboxylic acids is 2. The van der Waals surface area contributed by atoms with Crippen molar-refractivity contribution in [2.45, 2.75) is 31.0 Å². The first-order chi connectivity index (χ1) is 15.9. The van der Waals surface area contributed by atoms with Gasteiger partial charge in [-0.1, -0.05) is 23.4 Å². The number of nitrogens with one attached hydrogen (secondary N) is 1. The number of hydrogen-bond donors (Lipinski definition) is 1. The van der Waals surface area contributed by atoms with E-state index in [9.17, 15) is 14.0 Å². The summed E-state index contributed by atoms with van der Waals surface area (Å²) in [7, 11) is 3.10. The fourth-order valence-electron chi connectivity index (χ4n) is 3.41. The molecule has 0 fully saturated rings. The molecule has 0 saturated carbocycles. The molecule has 0 aliphatic heterocycles. The molecule has 0 saturated heterocycles. The summed E-state index contributed by atoms with van der Waals surface area (Å²) in [5.41, 5.74) is 1.45. The van der Waals surface area contributed by atoms with Crippen LogP contribution in [0.5, 0.6) is 5.75 Å². The highest BCUT2D eigenvalue weighted by molar-refractivity contribution is 7.99. The maximum Gasteiger partial charge on any atom is 0.341 e. The Morgan fingerprint density at radius 2 is 2.15 bits per heavy atom. The minimum Gasteiger partial charge on any atom is -0.486 e. The molecular weight excluding hydrogens is 491 g/mol. The first kappa shape index (κ1) is 23.5. The lowest BCUT2D eigenvalue weighted by Crippen LogP contribution is -2.16. The largest absolute Gasteiger partial charge is 0.486 e. The van der Waals surface area contributed by atoms with Crippen molar-refractivity contribution in [2.24, 2.45) is 7.05 Å². The van der Waals surface area contributed by atoms with E-state index in [1.807, 2.05) is 0 Å². The number of esters is 1. The van der Waals surface area contributed by atoms with E-state index in [0.717, 1.165) is 29.7 Å². The van der Waals surface area contributed by atoms with Gasteiger partial charge in [0.05, 0.1) is 23.4 Å². The summed E-state index contributed by atoms with van der Waals surface area (Å²) in [6.07, 6.45) is 2.72. The molecule has 1 N–H and O–H groups in total. The van der Waals surface area contributed by atoms with Crippen LogP contribution in [-0.4, -0.2) is 39.5 Å². The van der Waals surface area contributed by atoms with E-state index in [1.165, 1.54) is 48.4 Å². The number of thioether (sulfide) groups is 1. The molecule has 33 heavy (non-hydrogen) atoms. The molecule has 1 aromatic carbocycles. The highest BCUT2D eigenvalue weighted by Crippen LogP contribution is 2.39. The monoisotopic (exact) mass is 510 g/mol. The first-order valence-electron chi connectivity index (χ1n) is 9.99. The molecule has 2 heterocycles. The van der Waals surface area contributed by atoms with Gasteiger partial charge in [0.25, 0.3) is 0 Å². The van der Waals surface area contributed by atoms with E-state index >= 15 is 0 Å². The molecule has 0 atom stereocenters. The van der Waals surface area contributed by atoms with Crippen molar-refractivity contribution in [1.29, 1.82) is 0 Å². The van der Waals surface area contributed by atoms with Gasteiger partial charge in [0.2, 0.25) is 5.91 Å². The van der Waals surface area contributed by atoms with Crippen LogP contribution in [-0.2, 0) is 36.0 Å². The number of halogens is 2. The number of amides is 1. The Morgan fingerprint density at radius 1 is 1.33 bits per heavy atom. The van der Waals surface area contributed by atoms with E-state index in [2.05, 4.69) is 15.5 Å². The fraction of sp³-hybridized carbons (Fsp3) is 0.333. The lowest BCUT2D eigenvalue weighted by atomic mass is 10.1. The molecule has 0 bridgehead atoms. The smallest absolute Gasteiger partial charge is 0.341 e. The summed E-state index contributed by atoms with van der Waals surface area (Å²) >= 11 is 8.41. The zero-order valence-electron chi connectivity index (χ0n) is 17.8. The Labute approximate surface area is 202 Å². The minimum atomic E-state index is -0.523. The van der Waals surface area contributed by atoms with Gasteiger partial charge in [0.15, 0.2) is 11.0 Å². The number of rotatable bonds is 8. The lowest BCUT2D eigenvalue weighted by molar-refractivity contribution is -0.113. The van der Waals surface area contributed by atoms with Crippen molar-refractivity contribution in [2.75, 3.05) is 18.2 Å². The minimum absolute atomic E-state index is 0.0287. The number of anilines is 1. The molecule has 12 heteroatoms. The van der Waals surface area contributed by atoms with E-state index in [1.54, 1.807) is 11.6 Å². The molecule has 0 radical (unpaired) electrons. The SMILES string of the molecule is COC(=O)c1c(NC(=O)CSc2nnc(COc3ccc(F)c(Cl)c3)n2C)sc2c1CCC2. The van der Waals surface area contributed by atoms with Crippen molar-refractivity contribution < 1.29 is 23.5 Å². The topological polar surface area (TPSA) is 95.3 Å². The number of hydrogen-bond acceptors (Lipinski definition) is 8. The number of thiophene rings is 1. The van der Waals surface area contributed by atoms with Gasteiger partial charge in [-0.25, -0.2) is 9.18 Å². The van der Waals surface area contributed by atoms with E-state index in [-0.39, 0.29) is 23.3 Å². The third kappa shape index (κ3) is 5.15. The Balaban J connectivity index is 1.35. The number of aryl methyl sites for hydroxylation is 1. The molecule has 4 rings (SSSR count). The van der Waals surface area contributed by atoms with Gasteiger partial charge in [0.1, 0.15) is 23.2 Å². The van der Waals surface area contributed by atoms with Gasteiger partial charge in [-0.2, -0.15) is 0 Å². The number of carbonyl (C=O) groups is 2. The number of nitrogens with zero attached hydrogens (tertiary/aromatic N) is 3. The number of aromatic nitrogens is 3. The highest BCUT2D eigenvalue weighted by atomic mass is 35.5. The molecular formula is C21H20ClFN4O4S2. The van der Waals surface area contributed by atoms with Crippen molar-refractivity contribution in [3.05, 3.63) is 50.9 Å². The van der Waals surface area contributed by atoms with E-state index < -0.39 is 11.8 Å². The average Bonchev–Trinajstić information content (AvgIpc) is 3.47. The lowest BCUT2D eigenvalue weighted by Gasteiger charge is -2.08. The van der Waals surface area contributed by atoms with Crippen LogP contribution < -0.4 is 10.1 Å². The first-order valence-corrected chi connectivity index (χ1v) is 12.2. The number of benzene rings is 1. The van der Waals surface area contributed by atoms with Gasteiger partial charge >= 0.3 is 5.97 Å². The average molecular weight is 511 g/mol. The maximum atomic E-state index is 13.3. The second-order valence-electron chi connectivity index (χ2n) is 7.21. The van der Waals surface area contributed by atoms with Crippen molar-refractivity contribution in [3.8, 4) is 5.75 Å². The number of methoxy groups -OCH3 is 1. The molecule has 0 unspecified atom stereocenters. The summed E-state index contributed by atoms with van der Waals surface area (Å²) in [5.74, 6) is -0.192. The molecule has 8 nitrogen and oxygen atoms in total. The zero-order valence-corrected chi connectivity index (χ0v) is 20.2. The van der Waals surface area contributed by atoms with Gasteiger partial charge in [-0.15, -0.1) is 21.5 Å².